The molecule has 1 N–H and O–H groups in total. The summed E-state index contributed by atoms with van der Waals surface area (Å²) in [6.07, 6.45) is 3.05. The van der Waals surface area contributed by atoms with Crippen LogP contribution < -0.4 is 4.72 Å². The molecule has 0 spiro atoms. The molecule has 22 heavy (non-hydrogen) atoms. The Hall–Kier alpha value is -2.34. The second kappa shape index (κ2) is 5.46. The highest BCUT2D eigenvalue weighted by Crippen LogP contribution is 2.22. The smallest absolute Gasteiger partial charge is 0.229 e. The van der Waals surface area contributed by atoms with Crippen molar-refractivity contribution in [3.63, 3.8) is 0 Å². The third-order valence-corrected chi connectivity index (χ3v) is 3.95. The van der Waals surface area contributed by atoms with Gasteiger partial charge >= 0.3 is 0 Å². The summed E-state index contributed by atoms with van der Waals surface area (Å²) < 4.78 is 40.0. The quantitative estimate of drug-likeness (QED) is 0.803. The van der Waals surface area contributed by atoms with Crippen LogP contribution in [0, 0.1) is 5.82 Å². The zero-order chi connectivity index (χ0) is 15.7. The predicted octanol–water partition coefficient (Wildman–Crippen LogP) is 3.20. The number of sulfonamides is 1. The lowest BCUT2D eigenvalue weighted by atomic mass is 10.2. The summed E-state index contributed by atoms with van der Waals surface area (Å²) in [5.41, 5.74) is 2.52. The van der Waals surface area contributed by atoms with Crippen molar-refractivity contribution in [1.82, 2.24) is 4.57 Å². The number of nitrogens with zero attached hydrogens (tertiary/aromatic N) is 1. The van der Waals surface area contributed by atoms with Crippen molar-refractivity contribution in [3.05, 3.63) is 66.1 Å². The van der Waals surface area contributed by atoms with E-state index >= 15 is 0 Å². The van der Waals surface area contributed by atoms with Gasteiger partial charge in [0.1, 0.15) is 5.82 Å². The first-order valence-corrected chi connectivity index (χ1v) is 8.61. The minimum Gasteiger partial charge on any atom is -0.343 e. The number of hydrogen-bond acceptors (Lipinski definition) is 2. The molecule has 0 amide bonds. The molecule has 6 heteroatoms. The fourth-order valence-electron chi connectivity index (χ4n) is 2.40. The van der Waals surface area contributed by atoms with E-state index in [0.29, 0.717) is 12.2 Å². The van der Waals surface area contributed by atoms with Gasteiger partial charge in [-0.1, -0.05) is 12.1 Å². The number of benzene rings is 2. The Bertz CT molecular complexity index is 915. The van der Waals surface area contributed by atoms with Crippen LogP contribution in [0.2, 0.25) is 0 Å². The van der Waals surface area contributed by atoms with Crippen LogP contribution >= 0.6 is 0 Å². The molecule has 0 bridgehead atoms. The van der Waals surface area contributed by atoms with E-state index < -0.39 is 10.0 Å². The van der Waals surface area contributed by atoms with Crippen LogP contribution in [0.25, 0.3) is 10.9 Å². The highest BCUT2D eigenvalue weighted by atomic mass is 32.2. The summed E-state index contributed by atoms with van der Waals surface area (Å²) in [7, 11) is -3.28. The first-order chi connectivity index (χ1) is 10.4. The molecule has 3 aromatic rings. The van der Waals surface area contributed by atoms with Gasteiger partial charge in [0.2, 0.25) is 10.0 Å². The summed E-state index contributed by atoms with van der Waals surface area (Å²) in [6, 6.07) is 13.7. The third-order valence-electron chi connectivity index (χ3n) is 3.34. The molecule has 2 aromatic carbocycles. The first kappa shape index (κ1) is 14.6. The molecule has 0 aliphatic rings. The Labute approximate surface area is 128 Å². The molecule has 1 aromatic heterocycles. The number of fused-ring (bicyclic) bond motifs is 1. The minimum atomic E-state index is -3.28. The fourth-order valence-corrected chi connectivity index (χ4v) is 2.96. The fraction of sp³-hybridized carbons (Fsp3) is 0.125. The zero-order valence-electron chi connectivity index (χ0n) is 12.0. The zero-order valence-corrected chi connectivity index (χ0v) is 12.8. The molecule has 0 saturated carbocycles. The van der Waals surface area contributed by atoms with Crippen molar-refractivity contribution in [3.8, 4) is 0 Å². The largest absolute Gasteiger partial charge is 0.343 e. The van der Waals surface area contributed by atoms with Gasteiger partial charge in [0.15, 0.2) is 0 Å². The number of rotatable bonds is 4. The van der Waals surface area contributed by atoms with Crippen LogP contribution in [-0.4, -0.2) is 19.2 Å². The standard InChI is InChI=1S/C16H15FN2O2S/c1-22(20,21)18-15-6-7-16-13(10-15)8-9-19(16)11-12-2-4-14(17)5-3-12/h2-10,18H,11H2,1H3. The van der Waals surface area contributed by atoms with Crippen LogP contribution in [0.3, 0.4) is 0 Å². The normalized spacial score (nSPS) is 11.7. The first-order valence-electron chi connectivity index (χ1n) is 6.72. The van der Waals surface area contributed by atoms with Crippen molar-refractivity contribution in [2.45, 2.75) is 6.54 Å². The van der Waals surface area contributed by atoms with Gasteiger partial charge in [-0.25, -0.2) is 12.8 Å². The number of nitrogens with one attached hydrogen (secondary N) is 1. The number of aromatic nitrogens is 1. The van der Waals surface area contributed by atoms with E-state index in [1.165, 1.54) is 12.1 Å². The Kier molecular flexibility index (Phi) is 3.62. The highest BCUT2D eigenvalue weighted by molar-refractivity contribution is 7.92. The lowest BCUT2D eigenvalue weighted by molar-refractivity contribution is 0.607. The number of halogens is 1. The van der Waals surface area contributed by atoms with E-state index in [0.717, 1.165) is 22.7 Å². The SMILES string of the molecule is CS(=O)(=O)Nc1ccc2c(ccn2Cc2ccc(F)cc2)c1. The van der Waals surface area contributed by atoms with Crippen LogP contribution in [0.1, 0.15) is 5.56 Å². The molecule has 0 aliphatic carbocycles. The van der Waals surface area contributed by atoms with Crippen molar-refractivity contribution < 1.29 is 12.8 Å². The molecular weight excluding hydrogens is 303 g/mol. The van der Waals surface area contributed by atoms with E-state index in [-0.39, 0.29) is 5.82 Å². The molecule has 0 saturated heterocycles. The van der Waals surface area contributed by atoms with E-state index in [9.17, 15) is 12.8 Å². The summed E-state index contributed by atoms with van der Waals surface area (Å²) in [5.74, 6) is -0.252. The Morgan fingerprint density at radius 3 is 2.50 bits per heavy atom. The van der Waals surface area contributed by atoms with Crippen LogP contribution in [-0.2, 0) is 16.6 Å². The van der Waals surface area contributed by atoms with Gasteiger partial charge < -0.3 is 4.57 Å². The Morgan fingerprint density at radius 2 is 1.82 bits per heavy atom. The predicted molar refractivity (Wildman–Crippen MR) is 85.9 cm³/mol. The van der Waals surface area contributed by atoms with Gasteiger partial charge in [-0.15, -0.1) is 0 Å². The minimum absolute atomic E-state index is 0.252. The second-order valence-electron chi connectivity index (χ2n) is 5.22. The van der Waals surface area contributed by atoms with Crippen LogP contribution in [0.4, 0.5) is 10.1 Å². The van der Waals surface area contributed by atoms with Gasteiger partial charge in [0.05, 0.1) is 6.26 Å². The summed E-state index contributed by atoms with van der Waals surface area (Å²) in [4.78, 5) is 0. The maximum absolute atomic E-state index is 12.9. The molecule has 0 aliphatic heterocycles. The van der Waals surface area contributed by atoms with Crippen molar-refractivity contribution in [2.75, 3.05) is 11.0 Å². The Balaban J connectivity index is 1.90. The van der Waals surface area contributed by atoms with Gasteiger partial charge in [0.25, 0.3) is 0 Å². The monoisotopic (exact) mass is 318 g/mol. The van der Waals surface area contributed by atoms with Crippen molar-refractivity contribution in [1.29, 1.82) is 0 Å². The second-order valence-corrected chi connectivity index (χ2v) is 6.97. The van der Waals surface area contributed by atoms with Crippen LogP contribution in [0.15, 0.2) is 54.7 Å². The average molecular weight is 318 g/mol. The highest BCUT2D eigenvalue weighted by Gasteiger charge is 2.06. The molecule has 0 unspecified atom stereocenters. The van der Waals surface area contributed by atoms with E-state index in [4.69, 9.17) is 0 Å². The van der Waals surface area contributed by atoms with E-state index in [2.05, 4.69) is 4.72 Å². The van der Waals surface area contributed by atoms with Crippen molar-refractivity contribution in [2.24, 2.45) is 0 Å². The summed E-state index contributed by atoms with van der Waals surface area (Å²) >= 11 is 0. The van der Waals surface area contributed by atoms with Gasteiger partial charge in [0, 0.05) is 29.3 Å². The lowest BCUT2D eigenvalue weighted by Gasteiger charge is -2.07. The molecule has 0 fully saturated rings. The molecule has 114 valence electrons. The topological polar surface area (TPSA) is 51.1 Å². The number of anilines is 1. The van der Waals surface area contributed by atoms with E-state index in [1.807, 2.05) is 22.9 Å². The maximum atomic E-state index is 12.9. The van der Waals surface area contributed by atoms with Gasteiger partial charge in [-0.2, -0.15) is 0 Å². The molecular formula is C16H15FN2O2S. The third kappa shape index (κ3) is 3.28. The van der Waals surface area contributed by atoms with Crippen molar-refractivity contribution >= 4 is 26.6 Å². The molecule has 4 nitrogen and oxygen atoms in total. The summed E-state index contributed by atoms with van der Waals surface area (Å²) in [6.45, 7) is 0.628. The average Bonchev–Trinajstić information content (AvgIpc) is 2.82. The maximum Gasteiger partial charge on any atom is 0.229 e. The van der Waals surface area contributed by atoms with Gasteiger partial charge in [-0.05, 0) is 42.0 Å². The van der Waals surface area contributed by atoms with Gasteiger partial charge in [-0.3, -0.25) is 4.72 Å². The molecule has 0 atom stereocenters. The van der Waals surface area contributed by atoms with Crippen LogP contribution in [0.5, 0.6) is 0 Å². The lowest BCUT2D eigenvalue weighted by Crippen LogP contribution is -2.09. The molecule has 1 heterocycles. The number of hydrogen-bond donors (Lipinski definition) is 1. The molecule has 3 rings (SSSR count). The summed E-state index contributed by atoms with van der Waals surface area (Å²) in [5, 5.41) is 0.941. The Morgan fingerprint density at radius 1 is 1.09 bits per heavy atom. The van der Waals surface area contributed by atoms with E-state index in [1.54, 1.807) is 24.3 Å². The molecule has 0 radical (unpaired) electrons.